The third-order valence-corrected chi connectivity index (χ3v) is 11.1. The van der Waals surface area contributed by atoms with Crippen molar-refractivity contribution in [1.82, 2.24) is 0 Å². The van der Waals surface area contributed by atoms with E-state index in [9.17, 15) is 34.5 Å². The smallest absolute Gasteiger partial charge is 0.335 e. The number of allylic oxidation sites excluding steroid dienone is 10. The molecule has 3 N–H and O–H groups in total. The Balaban J connectivity index is 2.78. The molecule has 65 heavy (non-hydrogen) atoms. The molecule has 0 spiro atoms. The van der Waals surface area contributed by atoms with Gasteiger partial charge in [-0.2, -0.15) is 0 Å². The summed E-state index contributed by atoms with van der Waals surface area (Å²) < 4.78 is 28.2. The van der Waals surface area contributed by atoms with E-state index in [0.717, 1.165) is 116 Å². The Morgan fingerprint density at radius 2 is 1.00 bits per heavy atom. The number of unbranched alkanes of at least 4 members (excludes halogenated alkanes) is 17. The van der Waals surface area contributed by atoms with Gasteiger partial charge < -0.3 is 39.0 Å². The fourth-order valence-electron chi connectivity index (χ4n) is 7.18. The Morgan fingerprint density at radius 3 is 1.55 bits per heavy atom. The Hall–Kier alpha value is -3.58. The van der Waals surface area contributed by atoms with E-state index in [-0.39, 0.29) is 25.9 Å². The summed E-state index contributed by atoms with van der Waals surface area (Å²) in [6.07, 6.45) is 36.6. The van der Waals surface area contributed by atoms with Crippen LogP contribution in [0.5, 0.6) is 0 Å². The van der Waals surface area contributed by atoms with Gasteiger partial charge in [-0.15, -0.1) is 0 Å². The lowest BCUT2D eigenvalue weighted by Gasteiger charge is -2.40. The molecule has 1 aliphatic heterocycles. The molecule has 0 amide bonds. The number of carboxylic acids is 1. The van der Waals surface area contributed by atoms with E-state index in [1.807, 2.05) is 0 Å². The summed E-state index contributed by atoms with van der Waals surface area (Å²) in [5.74, 6) is -3.18. The van der Waals surface area contributed by atoms with Gasteiger partial charge in [-0.3, -0.25) is 14.4 Å². The minimum absolute atomic E-state index is 0.0558. The van der Waals surface area contributed by atoms with Gasteiger partial charge in [-0.1, -0.05) is 165 Å². The molecule has 1 heterocycles. The molecule has 0 aromatic rings. The van der Waals surface area contributed by atoms with Crippen LogP contribution in [0.25, 0.3) is 0 Å². The highest BCUT2D eigenvalue weighted by atomic mass is 16.7. The average molecular weight is 917 g/mol. The number of rotatable bonds is 41. The number of hydrogen-bond donors (Lipinski definition) is 3. The van der Waals surface area contributed by atoms with Gasteiger partial charge in [0.1, 0.15) is 18.8 Å². The van der Waals surface area contributed by atoms with Gasteiger partial charge in [0.25, 0.3) is 0 Å². The predicted octanol–water partition coefficient (Wildman–Crippen LogP) is 11.7. The monoisotopic (exact) mass is 917 g/mol. The molecule has 6 unspecified atom stereocenters. The van der Waals surface area contributed by atoms with Crippen LogP contribution in [0, 0.1) is 0 Å². The van der Waals surface area contributed by atoms with Gasteiger partial charge in [-0.25, -0.2) is 4.79 Å². The highest BCUT2D eigenvalue weighted by Gasteiger charge is 2.50. The normalized spacial score (nSPS) is 19.6. The van der Waals surface area contributed by atoms with E-state index in [1.54, 1.807) is 0 Å². The Morgan fingerprint density at radius 1 is 0.523 bits per heavy atom. The maximum atomic E-state index is 13.0. The standard InChI is InChI=1S/C53H88O12/c1-4-7-10-13-16-19-21-23-25-28-30-33-36-39-45(54)61-42-44(63-46(55)40-37-34-32-29-26-24-22-20-17-14-11-8-5-2)43-62-53-51(49(58)48(57)50(65-53)52(59)60)64-47(56)41-38-35-31-27-18-15-12-9-6-3/h7,10-11,14,16,19-20,22-23,25,44,48-51,53,57-58H,4-6,8-9,12-13,15,17-18,21,24,26-43H2,1-3H3,(H,59,60)/b10-7-,14-11-,19-16-,22-20-,25-23-. The first-order valence-electron chi connectivity index (χ1n) is 25.3. The van der Waals surface area contributed by atoms with Crippen LogP contribution in [-0.2, 0) is 42.9 Å². The van der Waals surface area contributed by atoms with E-state index in [1.165, 1.54) is 25.7 Å². The molecule has 6 atom stereocenters. The number of aliphatic hydroxyl groups is 2. The van der Waals surface area contributed by atoms with Crippen LogP contribution >= 0.6 is 0 Å². The Kier molecular flexibility index (Phi) is 38.2. The van der Waals surface area contributed by atoms with Crippen LogP contribution in [-0.4, -0.2) is 89.2 Å². The quantitative estimate of drug-likeness (QED) is 0.0229. The van der Waals surface area contributed by atoms with Crippen LogP contribution in [0.2, 0.25) is 0 Å². The van der Waals surface area contributed by atoms with Crippen LogP contribution in [0.1, 0.15) is 201 Å². The van der Waals surface area contributed by atoms with Crippen LogP contribution in [0.4, 0.5) is 0 Å². The second-order valence-corrected chi connectivity index (χ2v) is 17.1. The van der Waals surface area contributed by atoms with Crippen LogP contribution in [0.15, 0.2) is 60.8 Å². The summed E-state index contributed by atoms with van der Waals surface area (Å²) >= 11 is 0. The third-order valence-electron chi connectivity index (χ3n) is 11.1. The fourth-order valence-corrected chi connectivity index (χ4v) is 7.18. The van der Waals surface area contributed by atoms with Crippen molar-refractivity contribution in [2.45, 2.75) is 237 Å². The maximum absolute atomic E-state index is 13.0. The van der Waals surface area contributed by atoms with Gasteiger partial charge in [-0.05, 0) is 77.0 Å². The van der Waals surface area contributed by atoms with E-state index in [4.69, 9.17) is 23.7 Å². The van der Waals surface area contributed by atoms with Gasteiger partial charge in [0.2, 0.25) is 0 Å². The second kappa shape index (κ2) is 41.8. The average Bonchev–Trinajstić information content (AvgIpc) is 3.29. The molecular weight excluding hydrogens is 829 g/mol. The molecule has 0 aromatic carbocycles. The summed E-state index contributed by atoms with van der Waals surface area (Å²) in [5, 5.41) is 31.2. The molecule has 0 bridgehead atoms. The zero-order chi connectivity index (χ0) is 47.6. The predicted molar refractivity (Wildman–Crippen MR) is 257 cm³/mol. The number of carbonyl (C=O) groups is 4. The minimum Gasteiger partial charge on any atom is -0.479 e. The molecule has 0 aliphatic carbocycles. The number of aliphatic carboxylic acids is 1. The van der Waals surface area contributed by atoms with Crippen molar-refractivity contribution in [3.8, 4) is 0 Å². The molecule has 0 aromatic heterocycles. The summed E-state index contributed by atoms with van der Waals surface area (Å²) in [5.41, 5.74) is 0. The topological polar surface area (TPSA) is 175 Å². The van der Waals surface area contributed by atoms with E-state index in [0.29, 0.717) is 19.3 Å². The summed E-state index contributed by atoms with van der Waals surface area (Å²) in [6.45, 7) is 5.70. The van der Waals surface area contributed by atoms with Gasteiger partial charge in [0, 0.05) is 19.3 Å². The molecule has 1 rings (SSSR count). The largest absolute Gasteiger partial charge is 0.479 e. The number of carbonyl (C=O) groups excluding carboxylic acids is 3. The zero-order valence-corrected chi connectivity index (χ0v) is 40.5. The zero-order valence-electron chi connectivity index (χ0n) is 40.5. The molecule has 12 nitrogen and oxygen atoms in total. The van der Waals surface area contributed by atoms with Gasteiger partial charge >= 0.3 is 23.9 Å². The number of esters is 3. The van der Waals surface area contributed by atoms with Crippen molar-refractivity contribution in [2.75, 3.05) is 13.2 Å². The first-order valence-corrected chi connectivity index (χ1v) is 25.3. The van der Waals surface area contributed by atoms with Crippen molar-refractivity contribution in [3.63, 3.8) is 0 Å². The molecule has 0 radical (unpaired) electrons. The fraction of sp³-hybridized carbons (Fsp3) is 0.736. The SMILES string of the molecule is CC/C=C\C/C=C\C/C=C\CCCCCC(=O)OCC(COC1OC(C(=O)O)C(O)C(O)C1OC(=O)CCCCCCCCCCC)OC(=O)CCCCCCC/C=C\C/C=C\CCC. The van der Waals surface area contributed by atoms with Crippen molar-refractivity contribution in [3.05, 3.63) is 60.8 Å². The number of ether oxygens (including phenoxy) is 5. The Bertz CT molecular complexity index is 1370. The molecule has 1 fully saturated rings. The lowest BCUT2D eigenvalue weighted by Crippen LogP contribution is -2.61. The van der Waals surface area contributed by atoms with Crippen LogP contribution < -0.4 is 0 Å². The highest BCUT2D eigenvalue weighted by molar-refractivity contribution is 5.74. The first-order chi connectivity index (χ1) is 31.6. The number of carboxylic acid groups (broad SMARTS) is 1. The van der Waals surface area contributed by atoms with Crippen molar-refractivity contribution in [2.24, 2.45) is 0 Å². The maximum Gasteiger partial charge on any atom is 0.335 e. The van der Waals surface area contributed by atoms with E-state index in [2.05, 4.69) is 81.5 Å². The first kappa shape index (κ1) is 59.4. The van der Waals surface area contributed by atoms with Crippen molar-refractivity contribution >= 4 is 23.9 Å². The summed E-state index contributed by atoms with van der Waals surface area (Å²) in [7, 11) is 0. The lowest BCUT2D eigenvalue weighted by atomic mass is 9.98. The van der Waals surface area contributed by atoms with Crippen molar-refractivity contribution < 1.29 is 58.2 Å². The summed E-state index contributed by atoms with van der Waals surface area (Å²) in [4.78, 5) is 50.7. The van der Waals surface area contributed by atoms with Crippen LogP contribution in [0.3, 0.4) is 0 Å². The number of hydrogen-bond acceptors (Lipinski definition) is 11. The second-order valence-electron chi connectivity index (χ2n) is 17.1. The molecule has 12 heteroatoms. The van der Waals surface area contributed by atoms with Gasteiger partial charge in [0.15, 0.2) is 24.6 Å². The molecule has 0 saturated carbocycles. The Labute approximate surface area is 392 Å². The molecular formula is C53H88O12. The van der Waals surface area contributed by atoms with Crippen molar-refractivity contribution in [1.29, 1.82) is 0 Å². The number of aliphatic hydroxyl groups excluding tert-OH is 2. The molecule has 1 saturated heterocycles. The highest BCUT2D eigenvalue weighted by Crippen LogP contribution is 2.26. The van der Waals surface area contributed by atoms with E-state index < -0.39 is 67.3 Å². The van der Waals surface area contributed by atoms with Gasteiger partial charge in [0.05, 0.1) is 6.61 Å². The third kappa shape index (κ3) is 32.7. The lowest BCUT2D eigenvalue weighted by molar-refractivity contribution is -0.301. The minimum atomic E-state index is -1.90. The van der Waals surface area contributed by atoms with E-state index >= 15 is 0 Å². The molecule has 372 valence electrons. The molecule has 1 aliphatic rings. The summed E-state index contributed by atoms with van der Waals surface area (Å²) in [6, 6.07) is 0.